The number of anilines is 3. The summed E-state index contributed by atoms with van der Waals surface area (Å²) >= 11 is 5.03. The molecule has 6 rings (SSSR count). The Morgan fingerprint density at radius 2 is 1.28 bits per heavy atom. The van der Waals surface area contributed by atoms with Crippen molar-refractivity contribution >= 4 is 71.4 Å². The van der Waals surface area contributed by atoms with Gasteiger partial charge in [0.1, 0.15) is 15.0 Å². The van der Waals surface area contributed by atoms with E-state index in [1.807, 2.05) is 54.6 Å². The second kappa shape index (κ2) is 7.81. The van der Waals surface area contributed by atoms with E-state index in [-0.39, 0.29) is 11.6 Å². The lowest BCUT2D eigenvalue weighted by molar-refractivity contribution is 0.0839. The molecule has 3 heterocycles. The molecule has 0 N–H and O–H groups in total. The van der Waals surface area contributed by atoms with E-state index in [0.717, 1.165) is 30.7 Å². The van der Waals surface area contributed by atoms with Crippen LogP contribution in [0.4, 0.5) is 15.0 Å². The number of benzene rings is 2. The number of carbonyl (C=O) groups is 2. The third kappa shape index (κ3) is 3.23. The second-order valence-corrected chi connectivity index (χ2v) is 10.7. The molecule has 0 spiro atoms. The van der Waals surface area contributed by atoms with E-state index in [1.165, 1.54) is 0 Å². The monoisotopic (exact) mass is 471 g/mol. The van der Waals surface area contributed by atoms with Crippen LogP contribution in [0.2, 0.25) is 0 Å². The maximum absolute atomic E-state index is 13.1. The SMILES string of the molecule is O=C1c2cc3ccccc3cc2C(=O)C1Cc1ccc(N(c2cccs2)c2cccs2)s1. The van der Waals surface area contributed by atoms with Crippen molar-refractivity contribution in [2.75, 3.05) is 4.90 Å². The van der Waals surface area contributed by atoms with Crippen LogP contribution in [0.5, 0.6) is 0 Å². The van der Waals surface area contributed by atoms with Crippen molar-refractivity contribution in [3.8, 4) is 0 Å². The van der Waals surface area contributed by atoms with Crippen LogP contribution in [-0.2, 0) is 6.42 Å². The molecule has 0 saturated carbocycles. The van der Waals surface area contributed by atoms with Crippen LogP contribution in [-0.4, -0.2) is 11.6 Å². The van der Waals surface area contributed by atoms with Gasteiger partial charge in [-0.1, -0.05) is 24.3 Å². The lowest BCUT2D eigenvalue weighted by Gasteiger charge is -2.19. The van der Waals surface area contributed by atoms with E-state index < -0.39 is 5.92 Å². The number of carbonyl (C=O) groups excluding carboxylic acids is 2. The standard InChI is InChI=1S/C26H17NO2S3/c28-25-19-13-16-5-1-2-6-17(16)14-20(19)26(29)21(25)15-18-9-10-24(32-18)27(22-7-3-11-30-22)23-8-4-12-31-23/h1-14,21H,15H2. The predicted octanol–water partition coefficient (Wildman–Crippen LogP) is 7.73. The Hall–Kier alpha value is -3.06. The molecule has 0 amide bonds. The van der Waals surface area contributed by atoms with Crippen molar-refractivity contribution in [1.29, 1.82) is 0 Å². The molecule has 1 aliphatic rings. The predicted molar refractivity (Wildman–Crippen MR) is 135 cm³/mol. The molecule has 5 aromatic rings. The number of Topliss-reactive ketones (excluding diaryl/α,β-unsaturated/α-hetero) is 2. The minimum absolute atomic E-state index is 0.0564. The maximum Gasteiger partial charge on any atom is 0.174 e. The second-order valence-electron chi connectivity index (χ2n) is 7.71. The third-order valence-electron chi connectivity index (χ3n) is 5.78. The summed E-state index contributed by atoms with van der Waals surface area (Å²) < 4.78 is 0. The summed E-state index contributed by atoms with van der Waals surface area (Å²) in [6.45, 7) is 0. The molecule has 2 aromatic carbocycles. The molecule has 0 fully saturated rings. The van der Waals surface area contributed by atoms with Crippen molar-refractivity contribution in [3.63, 3.8) is 0 Å². The van der Waals surface area contributed by atoms with Crippen molar-refractivity contribution in [1.82, 2.24) is 0 Å². The van der Waals surface area contributed by atoms with Crippen LogP contribution in [0.1, 0.15) is 25.6 Å². The van der Waals surface area contributed by atoms with Gasteiger partial charge in [0.15, 0.2) is 11.6 Å². The van der Waals surface area contributed by atoms with Crippen LogP contribution in [0.15, 0.2) is 83.6 Å². The van der Waals surface area contributed by atoms with Gasteiger partial charge >= 0.3 is 0 Å². The number of thiophene rings is 3. The van der Waals surface area contributed by atoms with Gasteiger partial charge in [-0.3, -0.25) is 14.5 Å². The molecule has 3 aromatic heterocycles. The van der Waals surface area contributed by atoms with Crippen LogP contribution < -0.4 is 4.90 Å². The summed E-state index contributed by atoms with van der Waals surface area (Å²) in [5, 5.41) is 9.51. The van der Waals surface area contributed by atoms with E-state index >= 15 is 0 Å². The highest BCUT2D eigenvalue weighted by Gasteiger charge is 2.39. The first-order chi connectivity index (χ1) is 15.7. The van der Waals surface area contributed by atoms with Crippen molar-refractivity contribution in [3.05, 3.63) is 99.6 Å². The van der Waals surface area contributed by atoms with Crippen molar-refractivity contribution < 1.29 is 9.59 Å². The average Bonchev–Trinajstić information content (AvgIpc) is 3.62. The van der Waals surface area contributed by atoms with Crippen LogP contribution >= 0.6 is 34.0 Å². The number of nitrogens with zero attached hydrogens (tertiary/aromatic N) is 1. The van der Waals surface area contributed by atoms with Crippen LogP contribution in [0, 0.1) is 5.92 Å². The van der Waals surface area contributed by atoms with E-state index in [2.05, 4.69) is 33.9 Å². The minimum Gasteiger partial charge on any atom is -0.293 e. The Labute approximate surface area is 197 Å². The molecule has 0 unspecified atom stereocenters. The van der Waals surface area contributed by atoms with Gasteiger partial charge in [-0.2, -0.15) is 0 Å². The average molecular weight is 472 g/mol. The molecule has 1 aliphatic carbocycles. The summed E-state index contributed by atoms with van der Waals surface area (Å²) in [5.41, 5.74) is 1.13. The van der Waals surface area contributed by atoms with Crippen molar-refractivity contribution in [2.45, 2.75) is 6.42 Å². The van der Waals surface area contributed by atoms with E-state index in [1.54, 1.807) is 34.0 Å². The molecular weight excluding hydrogens is 454 g/mol. The highest BCUT2D eigenvalue weighted by atomic mass is 32.1. The molecule has 0 atom stereocenters. The molecule has 0 aliphatic heterocycles. The molecule has 0 bridgehead atoms. The van der Waals surface area contributed by atoms with Gasteiger partial charge in [-0.15, -0.1) is 34.0 Å². The summed E-state index contributed by atoms with van der Waals surface area (Å²) in [4.78, 5) is 29.6. The minimum atomic E-state index is -0.634. The largest absolute Gasteiger partial charge is 0.293 e. The molecule has 32 heavy (non-hydrogen) atoms. The van der Waals surface area contributed by atoms with Gasteiger partial charge in [0.2, 0.25) is 0 Å². The Morgan fingerprint density at radius 3 is 1.81 bits per heavy atom. The van der Waals surface area contributed by atoms with Gasteiger partial charge in [0.05, 0.1) is 5.92 Å². The van der Waals surface area contributed by atoms with E-state index in [9.17, 15) is 9.59 Å². The number of ketones is 2. The fraction of sp³-hybridized carbons (Fsp3) is 0.0769. The highest BCUT2D eigenvalue weighted by molar-refractivity contribution is 7.19. The Balaban J connectivity index is 1.31. The Kier molecular flexibility index (Phi) is 4.79. The van der Waals surface area contributed by atoms with Crippen LogP contribution in [0.25, 0.3) is 10.8 Å². The van der Waals surface area contributed by atoms with Gasteiger partial charge in [0, 0.05) is 16.0 Å². The first-order valence-corrected chi connectivity index (χ1v) is 12.8. The number of fused-ring (bicyclic) bond motifs is 2. The number of hydrogen-bond donors (Lipinski definition) is 0. The number of rotatable bonds is 5. The van der Waals surface area contributed by atoms with Gasteiger partial charge < -0.3 is 0 Å². The fourth-order valence-corrected chi connectivity index (χ4v) is 7.01. The summed E-state index contributed by atoms with van der Waals surface area (Å²) in [7, 11) is 0. The Bertz CT molecular complexity index is 1360. The zero-order valence-electron chi connectivity index (χ0n) is 16.9. The first-order valence-electron chi connectivity index (χ1n) is 10.3. The quantitative estimate of drug-likeness (QED) is 0.246. The normalized spacial score (nSPS) is 13.8. The Morgan fingerprint density at radius 1 is 0.688 bits per heavy atom. The molecule has 3 nitrogen and oxygen atoms in total. The molecule has 6 heteroatoms. The maximum atomic E-state index is 13.1. The van der Waals surface area contributed by atoms with Crippen LogP contribution in [0.3, 0.4) is 0 Å². The molecular formula is C26H17NO2S3. The van der Waals surface area contributed by atoms with E-state index in [0.29, 0.717) is 17.5 Å². The van der Waals surface area contributed by atoms with Gasteiger partial charge in [0.25, 0.3) is 0 Å². The zero-order valence-corrected chi connectivity index (χ0v) is 19.3. The summed E-state index contributed by atoms with van der Waals surface area (Å²) in [6.07, 6.45) is 0.441. The van der Waals surface area contributed by atoms with Gasteiger partial charge in [-0.25, -0.2) is 0 Å². The molecule has 156 valence electrons. The fourth-order valence-electron chi connectivity index (χ4n) is 4.25. The third-order valence-corrected chi connectivity index (χ3v) is 8.58. The van der Waals surface area contributed by atoms with Crippen molar-refractivity contribution in [2.24, 2.45) is 5.92 Å². The zero-order chi connectivity index (χ0) is 21.7. The van der Waals surface area contributed by atoms with E-state index in [4.69, 9.17) is 0 Å². The lowest BCUT2D eigenvalue weighted by atomic mass is 9.99. The summed E-state index contributed by atoms with van der Waals surface area (Å²) in [5.74, 6) is -0.747. The van der Waals surface area contributed by atoms with Gasteiger partial charge in [-0.05, 0) is 76.5 Å². The first kappa shape index (κ1) is 19.6. The topological polar surface area (TPSA) is 37.4 Å². The molecule has 0 saturated heterocycles. The summed E-state index contributed by atoms with van der Waals surface area (Å²) in [6, 6.07) is 24.1. The smallest absolute Gasteiger partial charge is 0.174 e. The number of hydrogen-bond acceptors (Lipinski definition) is 6. The highest BCUT2D eigenvalue weighted by Crippen LogP contribution is 2.43. The molecule has 0 radical (unpaired) electrons. The lowest BCUT2D eigenvalue weighted by Crippen LogP contribution is -2.17.